The summed E-state index contributed by atoms with van der Waals surface area (Å²) in [6.45, 7) is 0. The minimum Gasteiger partial charge on any atom is -0.497 e. The quantitative estimate of drug-likeness (QED) is 0.518. The largest absolute Gasteiger partial charge is 0.497 e. The number of hydrogen-bond acceptors (Lipinski definition) is 4. The Bertz CT molecular complexity index is 1180. The van der Waals surface area contributed by atoms with Gasteiger partial charge in [-0.1, -0.05) is 35.9 Å². The Hall–Kier alpha value is -3.08. The van der Waals surface area contributed by atoms with Gasteiger partial charge < -0.3 is 14.3 Å². The molecule has 1 unspecified atom stereocenters. The molecule has 1 aromatic heterocycles. The van der Waals surface area contributed by atoms with E-state index in [-0.39, 0.29) is 11.0 Å². The summed E-state index contributed by atoms with van der Waals surface area (Å²) in [6.07, 6.45) is -1.16. The molecule has 3 aromatic carbocycles. The maximum absolute atomic E-state index is 13.3. The summed E-state index contributed by atoms with van der Waals surface area (Å²) in [5, 5.41) is 12.0. The van der Waals surface area contributed by atoms with Crippen molar-refractivity contribution < 1.29 is 14.3 Å². The summed E-state index contributed by atoms with van der Waals surface area (Å²) in [5.41, 5.74) is 1.61. The fourth-order valence-corrected chi connectivity index (χ4v) is 3.30. The van der Waals surface area contributed by atoms with Crippen LogP contribution in [0.2, 0.25) is 5.02 Å². The van der Waals surface area contributed by atoms with Crippen LogP contribution < -0.4 is 10.2 Å². The number of benzene rings is 3. The van der Waals surface area contributed by atoms with Gasteiger partial charge in [0.05, 0.1) is 18.1 Å². The number of hydrogen-bond donors (Lipinski definition) is 1. The monoisotopic (exact) mass is 392 g/mol. The van der Waals surface area contributed by atoms with Crippen molar-refractivity contribution in [2.75, 3.05) is 7.11 Å². The maximum Gasteiger partial charge on any atom is 0.199 e. The molecule has 28 heavy (non-hydrogen) atoms. The summed E-state index contributed by atoms with van der Waals surface area (Å²) in [5.74, 6) is 1.01. The summed E-state index contributed by atoms with van der Waals surface area (Å²) < 4.78 is 11.3. The molecule has 140 valence electrons. The van der Waals surface area contributed by atoms with E-state index in [0.29, 0.717) is 38.6 Å². The van der Waals surface area contributed by atoms with Crippen LogP contribution in [0.3, 0.4) is 0 Å². The average molecular weight is 393 g/mol. The lowest BCUT2D eigenvalue weighted by atomic mass is 9.96. The molecule has 0 aliphatic rings. The lowest BCUT2D eigenvalue weighted by Crippen LogP contribution is -2.16. The molecule has 0 bridgehead atoms. The zero-order chi connectivity index (χ0) is 19.7. The first-order chi connectivity index (χ1) is 13.6. The molecular weight excluding hydrogens is 376 g/mol. The Balaban J connectivity index is 1.97. The third-order valence-corrected chi connectivity index (χ3v) is 4.90. The molecule has 0 aliphatic carbocycles. The number of halogens is 1. The summed E-state index contributed by atoms with van der Waals surface area (Å²) in [7, 11) is 1.58. The first-order valence-electron chi connectivity index (χ1n) is 8.72. The van der Waals surface area contributed by atoms with Crippen LogP contribution in [0.15, 0.2) is 82.0 Å². The van der Waals surface area contributed by atoms with Gasteiger partial charge in [0, 0.05) is 10.6 Å². The molecule has 0 saturated heterocycles. The predicted molar refractivity (Wildman–Crippen MR) is 110 cm³/mol. The second-order valence-electron chi connectivity index (χ2n) is 6.35. The molecule has 4 aromatic rings. The fourth-order valence-electron chi connectivity index (χ4n) is 3.17. The second-order valence-corrected chi connectivity index (χ2v) is 6.79. The van der Waals surface area contributed by atoms with Gasteiger partial charge in [0.2, 0.25) is 0 Å². The highest BCUT2D eigenvalue weighted by atomic mass is 35.5. The van der Waals surface area contributed by atoms with Crippen LogP contribution in [0, 0.1) is 0 Å². The smallest absolute Gasteiger partial charge is 0.199 e. The van der Waals surface area contributed by atoms with Crippen LogP contribution in [0.4, 0.5) is 0 Å². The number of aliphatic hydroxyl groups is 1. The van der Waals surface area contributed by atoms with Crippen molar-refractivity contribution >= 4 is 22.6 Å². The van der Waals surface area contributed by atoms with Crippen molar-refractivity contribution in [3.63, 3.8) is 0 Å². The third-order valence-electron chi connectivity index (χ3n) is 4.64. The Morgan fingerprint density at radius 3 is 2.32 bits per heavy atom. The van der Waals surface area contributed by atoms with E-state index < -0.39 is 6.10 Å². The number of fused-ring (bicyclic) bond motifs is 1. The minimum atomic E-state index is -1.16. The van der Waals surface area contributed by atoms with Crippen molar-refractivity contribution in [2.24, 2.45) is 0 Å². The van der Waals surface area contributed by atoms with Gasteiger partial charge in [0.25, 0.3) is 0 Å². The fraction of sp³-hybridized carbons (Fsp3) is 0.0870. The Kier molecular flexibility index (Phi) is 4.90. The topological polar surface area (TPSA) is 59.7 Å². The van der Waals surface area contributed by atoms with E-state index in [2.05, 4.69) is 0 Å². The minimum absolute atomic E-state index is 0.186. The van der Waals surface area contributed by atoms with Crippen LogP contribution >= 0.6 is 11.6 Å². The van der Waals surface area contributed by atoms with Crippen molar-refractivity contribution in [2.45, 2.75) is 6.10 Å². The molecule has 0 amide bonds. The molecule has 0 aliphatic heterocycles. The standard InChI is InChI=1S/C23H17ClO4/c1-27-17-12-8-15(9-13-17)23-20(21(25)14-6-10-16(24)11-7-14)22(26)18-4-2-3-5-19(18)28-23/h2-13,21,25H,1H3. The highest BCUT2D eigenvalue weighted by molar-refractivity contribution is 6.30. The molecule has 0 fully saturated rings. The molecule has 1 heterocycles. The van der Waals surface area contributed by atoms with Crippen LogP contribution in [0.1, 0.15) is 17.2 Å². The van der Waals surface area contributed by atoms with Crippen LogP contribution in [0.5, 0.6) is 5.75 Å². The van der Waals surface area contributed by atoms with Crippen LogP contribution in [0.25, 0.3) is 22.3 Å². The number of para-hydroxylation sites is 1. The lowest BCUT2D eigenvalue weighted by Gasteiger charge is -2.16. The second kappa shape index (κ2) is 7.50. The van der Waals surface area contributed by atoms with E-state index >= 15 is 0 Å². The third kappa shape index (κ3) is 3.28. The van der Waals surface area contributed by atoms with E-state index in [1.165, 1.54) is 0 Å². The van der Waals surface area contributed by atoms with Crippen LogP contribution in [-0.2, 0) is 0 Å². The van der Waals surface area contributed by atoms with E-state index in [1.807, 2.05) is 0 Å². The Labute approximate surface area is 166 Å². The van der Waals surface area contributed by atoms with Crippen molar-refractivity contribution in [1.29, 1.82) is 0 Å². The predicted octanol–water partition coefficient (Wildman–Crippen LogP) is 5.20. The molecule has 5 heteroatoms. The number of ether oxygens (including phenoxy) is 1. The van der Waals surface area contributed by atoms with Gasteiger partial charge >= 0.3 is 0 Å². The number of rotatable bonds is 4. The van der Waals surface area contributed by atoms with Crippen molar-refractivity contribution in [1.82, 2.24) is 0 Å². The van der Waals surface area contributed by atoms with Crippen LogP contribution in [-0.4, -0.2) is 12.2 Å². The Morgan fingerprint density at radius 1 is 0.964 bits per heavy atom. The molecule has 4 nitrogen and oxygen atoms in total. The van der Waals surface area contributed by atoms with Gasteiger partial charge in [0.1, 0.15) is 23.2 Å². The molecule has 1 atom stereocenters. The molecule has 0 radical (unpaired) electrons. The molecular formula is C23H17ClO4. The van der Waals surface area contributed by atoms with Gasteiger partial charge in [-0.15, -0.1) is 0 Å². The lowest BCUT2D eigenvalue weighted by molar-refractivity contribution is 0.217. The van der Waals surface area contributed by atoms with Crippen molar-refractivity contribution in [3.8, 4) is 17.1 Å². The van der Waals surface area contributed by atoms with Gasteiger partial charge in [-0.3, -0.25) is 4.79 Å². The molecule has 0 spiro atoms. The van der Waals surface area contributed by atoms with Gasteiger partial charge in [0.15, 0.2) is 5.43 Å². The zero-order valence-electron chi connectivity index (χ0n) is 15.1. The zero-order valence-corrected chi connectivity index (χ0v) is 15.8. The average Bonchev–Trinajstić information content (AvgIpc) is 2.74. The molecule has 0 saturated carbocycles. The maximum atomic E-state index is 13.3. The van der Waals surface area contributed by atoms with E-state index in [4.69, 9.17) is 20.8 Å². The van der Waals surface area contributed by atoms with Gasteiger partial charge in [-0.25, -0.2) is 0 Å². The normalized spacial score (nSPS) is 12.1. The van der Waals surface area contributed by atoms with Crippen molar-refractivity contribution in [3.05, 3.63) is 99.2 Å². The molecule has 4 rings (SSSR count). The first kappa shape index (κ1) is 18.3. The summed E-state index contributed by atoms with van der Waals surface area (Å²) in [6, 6.07) is 20.9. The first-order valence-corrected chi connectivity index (χ1v) is 9.10. The number of aliphatic hydroxyl groups excluding tert-OH is 1. The summed E-state index contributed by atoms with van der Waals surface area (Å²) in [4.78, 5) is 13.3. The molecule has 1 N–H and O–H groups in total. The van der Waals surface area contributed by atoms with E-state index in [9.17, 15) is 9.90 Å². The summed E-state index contributed by atoms with van der Waals surface area (Å²) >= 11 is 5.95. The highest BCUT2D eigenvalue weighted by Crippen LogP contribution is 2.33. The van der Waals surface area contributed by atoms with E-state index in [0.717, 1.165) is 0 Å². The SMILES string of the molecule is COc1ccc(-c2oc3ccccc3c(=O)c2C(O)c2ccc(Cl)cc2)cc1. The number of methoxy groups -OCH3 is 1. The van der Waals surface area contributed by atoms with Gasteiger partial charge in [-0.05, 0) is 54.1 Å². The van der Waals surface area contributed by atoms with E-state index in [1.54, 1.807) is 79.9 Å². The highest BCUT2D eigenvalue weighted by Gasteiger charge is 2.23. The Morgan fingerprint density at radius 2 is 1.64 bits per heavy atom. The van der Waals surface area contributed by atoms with Gasteiger partial charge in [-0.2, -0.15) is 0 Å².